The fraction of sp³-hybridized carbons (Fsp3) is 0.636. The van der Waals surface area contributed by atoms with Crippen LogP contribution < -0.4 is 5.32 Å². The van der Waals surface area contributed by atoms with E-state index in [-0.39, 0.29) is 5.91 Å². The van der Waals surface area contributed by atoms with Gasteiger partial charge >= 0.3 is 0 Å². The highest BCUT2D eigenvalue weighted by atomic mass is 16.2. The minimum atomic E-state index is 0.283. The fourth-order valence-corrected chi connectivity index (χ4v) is 4.25. The number of aliphatic imine (C=N–C) groups is 1. The van der Waals surface area contributed by atoms with Gasteiger partial charge in [0.05, 0.1) is 0 Å². The molecule has 1 aromatic carbocycles. The maximum absolute atomic E-state index is 11.8. The molecule has 1 aromatic rings. The summed E-state index contributed by atoms with van der Waals surface area (Å²) in [7, 11) is 1.87. The van der Waals surface area contributed by atoms with Crippen LogP contribution in [0.2, 0.25) is 0 Å². The molecule has 5 heteroatoms. The Morgan fingerprint density at radius 3 is 2.59 bits per heavy atom. The van der Waals surface area contributed by atoms with Crippen molar-refractivity contribution in [2.24, 2.45) is 16.8 Å². The Hall–Kier alpha value is -2.04. The molecule has 2 heterocycles. The van der Waals surface area contributed by atoms with Crippen molar-refractivity contribution in [2.75, 3.05) is 26.7 Å². The minimum Gasteiger partial charge on any atom is -0.352 e. The number of carbonyl (C=O) groups excluding carboxylic acids is 1. The molecule has 2 aliphatic heterocycles. The molecule has 2 saturated heterocycles. The zero-order valence-corrected chi connectivity index (χ0v) is 17.1. The Morgan fingerprint density at radius 1 is 1.22 bits per heavy atom. The molecule has 0 radical (unpaired) electrons. The molecule has 0 bridgehead atoms. The first-order valence-corrected chi connectivity index (χ1v) is 10.4. The van der Waals surface area contributed by atoms with Crippen molar-refractivity contribution in [2.45, 2.75) is 52.6 Å². The quantitative estimate of drug-likeness (QED) is 0.618. The van der Waals surface area contributed by atoms with Crippen molar-refractivity contribution in [1.29, 1.82) is 0 Å². The van der Waals surface area contributed by atoms with Crippen LogP contribution in [-0.2, 0) is 17.9 Å². The number of benzene rings is 1. The van der Waals surface area contributed by atoms with Crippen molar-refractivity contribution in [3.63, 3.8) is 0 Å². The van der Waals surface area contributed by atoms with E-state index in [9.17, 15) is 4.79 Å². The molecule has 5 nitrogen and oxygen atoms in total. The van der Waals surface area contributed by atoms with Gasteiger partial charge in [-0.05, 0) is 42.2 Å². The molecule has 0 spiro atoms. The van der Waals surface area contributed by atoms with Gasteiger partial charge in [0.25, 0.3) is 0 Å². The lowest BCUT2D eigenvalue weighted by molar-refractivity contribution is -0.128. The zero-order valence-electron chi connectivity index (χ0n) is 17.1. The Morgan fingerprint density at radius 2 is 1.96 bits per heavy atom. The van der Waals surface area contributed by atoms with Gasteiger partial charge in [0, 0.05) is 46.2 Å². The molecule has 3 rings (SSSR count). The first-order chi connectivity index (χ1) is 13.0. The average molecular weight is 371 g/mol. The zero-order chi connectivity index (χ0) is 19.2. The van der Waals surface area contributed by atoms with Gasteiger partial charge in [0.2, 0.25) is 5.91 Å². The van der Waals surface area contributed by atoms with Gasteiger partial charge in [-0.15, -0.1) is 0 Å². The summed E-state index contributed by atoms with van der Waals surface area (Å²) >= 11 is 0. The standard InChI is InChI=1S/C22H34N4O/c1-17(2)13-20-10-12-26(16-20)22(23-3)24-14-18-6-8-19(9-7-18)15-25-11-4-5-21(25)27/h6-9,17,20H,4-5,10-16H2,1-3H3,(H,23,24). The summed E-state index contributed by atoms with van der Waals surface area (Å²) in [6.07, 6.45) is 4.27. The van der Waals surface area contributed by atoms with Crippen molar-refractivity contribution in [3.8, 4) is 0 Å². The van der Waals surface area contributed by atoms with Crippen molar-refractivity contribution in [3.05, 3.63) is 35.4 Å². The molecular weight excluding hydrogens is 336 g/mol. The highest BCUT2D eigenvalue weighted by Gasteiger charge is 2.25. The Labute approximate surface area is 163 Å². The molecule has 2 aliphatic rings. The van der Waals surface area contributed by atoms with E-state index in [1.54, 1.807) is 0 Å². The topological polar surface area (TPSA) is 47.9 Å². The van der Waals surface area contributed by atoms with E-state index in [0.717, 1.165) is 56.9 Å². The molecule has 2 fully saturated rings. The number of nitrogens with one attached hydrogen (secondary N) is 1. The Balaban J connectivity index is 1.48. The van der Waals surface area contributed by atoms with Crippen LogP contribution in [0.15, 0.2) is 29.3 Å². The number of amides is 1. The van der Waals surface area contributed by atoms with Crippen LogP contribution in [-0.4, -0.2) is 48.3 Å². The highest BCUT2D eigenvalue weighted by Crippen LogP contribution is 2.23. The molecule has 0 aliphatic carbocycles. The molecule has 1 N–H and O–H groups in total. The van der Waals surface area contributed by atoms with Gasteiger partial charge in [0.15, 0.2) is 5.96 Å². The number of nitrogens with zero attached hydrogens (tertiary/aromatic N) is 3. The van der Waals surface area contributed by atoms with Gasteiger partial charge in [-0.3, -0.25) is 9.79 Å². The average Bonchev–Trinajstić information content (AvgIpc) is 3.26. The van der Waals surface area contributed by atoms with E-state index in [1.165, 1.54) is 24.0 Å². The third-order valence-electron chi connectivity index (χ3n) is 5.62. The summed E-state index contributed by atoms with van der Waals surface area (Å²) < 4.78 is 0. The second kappa shape index (κ2) is 9.25. The number of hydrogen-bond donors (Lipinski definition) is 1. The SMILES string of the molecule is CN=C(NCc1ccc(CN2CCCC2=O)cc1)N1CCC(CC(C)C)C1. The van der Waals surface area contributed by atoms with E-state index in [0.29, 0.717) is 6.42 Å². The molecule has 148 valence electrons. The van der Waals surface area contributed by atoms with Crippen LogP contribution in [0, 0.1) is 11.8 Å². The molecule has 1 amide bonds. The summed E-state index contributed by atoms with van der Waals surface area (Å²) in [5.41, 5.74) is 2.44. The fourth-order valence-electron chi connectivity index (χ4n) is 4.25. The van der Waals surface area contributed by atoms with E-state index in [2.05, 4.69) is 53.3 Å². The van der Waals surface area contributed by atoms with Crippen LogP contribution in [0.1, 0.15) is 50.7 Å². The Bertz CT molecular complexity index is 653. The highest BCUT2D eigenvalue weighted by molar-refractivity contribution is 5.80. The van der Waals surface area contributed by atoms with E-state index in [1.807, 2.05) is 11.9 Å². The van der Waals surface area contributed by atoms with Gasteiger partial charge in [-0.25, -0.2) is 0 Å². The van der Waals surface area contributed by atoms with Gasteiger partial charge < -0.3 is 15.1 Å². The monoisotopic (exact) mass is 370 g/mol. The maximum Gasteiger partial charge on any atom is 0.222 e. The third kappa shape index (κ3) is 5.47. The first kappa shape index (κ1) is 19.7. The van der Waals surface area contributed by atoms with Crippen molar-refractivity contribution >= 4 is 11.9 Å². The smallest absolute Gasteiger partial charge is 0.222 e. The largest absolute Gasteiger partial charge is 0.352 e. The summed E-state index contributed by atoms with van der Waals surface area (Å²) in [5, 5.41) is 3.51. The van der Waals surface area contributed by atoms with Crippen LogP contribution in [0.3, 0.4) is 0 Å². The molecule has 27 heavy (non-hydrogen) atoms. The summed E-state index contributed by atoms with van der Waals surface area (Å²) in [5.74, 6) is 2.84. The summed E-state index contributed by atoms with van der Waals surface area (Å²) in [6, 6.07) is 8.59. The minimum absolute atomic E-state index is 0.283. The number of guanidine groups is 1. The lowest BCUT2D eigenvalue weighted by Crippen LogP contribution is -2.39. The lowest BCUT2D eigenvalue weighted by Gasteiger charge is -2.22. The molecule has 0 saturated carbocycles. The molecule has 1 atom stereocenters. The lowest BCUT2D eigenvalue weighted by atomic mass is 9.97. The number of carbonyl (C=O) groups is 1. The van der Waals surface area contributed by atoms with Crippen LogP contribution in [0.4, 0.5) is 0 Å². The van der Waals surface area contributed by atoms with Crippen molar-refractivity contribution < 1.29 is 4.79 Å². The Kier molecular flexibility index (Phi) is 6.75. The van der Waals surface area contributed by atoms with E-state index >= 15 is 0 Å². The van der Waals surface area contributed by atoms with E-state index < -0.39 is 0 Å². The van der Waals surface area contributed by atoms with Crippen LogP contribution in [0.25, 0.3) is 0 Å². The summed E-state index contributed by atoms with van der Waals surface area (Å²) in [6.45, 7) is 9.23. The van der Waals surface area contributed by atoms with Crippen LogP contribution in [0.5, 0.6) is 0 Å². The second-order valence-electron chi connectivity index (χ2n) is 8.37. The molecule has 0 aromatic heterocycles. The van der Waals surface area contributed by atoms with Gasteiger partial charge in [0.1, 0.15) is 0 Å². The first-order valence-electron chi connectivity index (χ1n) is 10.4. The summed E-state index contributed by atoms with van der Waals surface area (Å²) in [4.78, 5) is 20.6. The number of hydrogen-bond acceptors (Lipinski definition) is 2. The van der Waals surface area contributed by atoms with Crippen molar-refractivity contribution in [1.82, 2.24) is 15.1 Å². The normalized spacial score (nSPS) is 20.8. The van der Waals surface area contributed by atoms with Crippen LogP contribution >= 0.6 is 0 Å². The second-order valence-corrected chi connectivity index (χ2v) is 8.37. The van der Waals surface area contributed by atoms with Gasteiger partial charge in [-0.1, -0.05) is 38.1 Å². The predicted molar refractivity (Wildman–Crippen MR) is 110 cm³/mol. The number of likely N-dealkylation sites (tertiary alicyclic amines) is 2. The molecule has 1 unspecified atom stereocenters. The third-order valence-corrected chi connectivity index (χ3v) is 5.62. The maximum atomic E-state index is 11.8. The predicted octanol–water partition coefficient (Wildman–Crippen LogP) is 3.25. The van der Waals surface area contributed by atoms with E-state index in [4.69, 9.17) is 0 Å². The molecular formula is C22H34N4O. The number of rotatable bonds is 6. The van der Waals surface area contributed by atoms with Gasteiger partial charge in [-0.2, -0.15) is 0 Å².